The Kier molecular flexibility index (Phi) is 6.86. The van der Waals surface area contributed by atoms with E-state index in [1.807, 2.05) is 31.2 Å². The summed E-state index contributed by atoms with van der Waals surface area (Å²) in [4.78, 5) is 22.0. The van der Waals surface area contributed by atoms with E-state index in [2.05, 4.69) is 40.8 Å². The van der Waals surface area contributed by atoms with Gasteiger partial charge in [-0.05, 0) is 81.0 Å². The van der Waals surface area contributed by atoms with Gasteiger partial charge in [0, 0.05) is 35.6 Å². The number of amides is 1. The summed E-state index contributed by atoms with van der Waals surface area (Å²) >= 11 is 7.20. The Morgan fingerprint density at radius 1 is 1.16 bits per heavy atom. The third kappa shape index (κ3) is 5.21. The average molecular weight is 562 g/mol. The third-order valence-corrected chi connectivity index (χ3v) is 8.43. The number of benzene rings is 2. The second-order valence-electron chi connectivity index (χ2n) is 10.3. The van der Waals surface area contributed by atoms with Crippen LogP contribution in [0.2, 0.25) is 5.02 Å². The molecule has 0 unspecified atom stereocenters. The van der Waals surface area contributed by atoms with Crippen molar-refractivity contribution in [1.82, 2.24) is 19.6 Å². The van der Waals surface area contributed by atoms with Gasteiger partial charge in [0.15, 0.2) is 5.17 Å². The van der Waals surface area contributed by atoms with Gasteiger partial charge in [-0.15, -0.1) is 0 Å². The molecule has 1 fully saturated rings. The number of thioether (sulfide) groups is 1. The Bertz CT molecular complexity index is 1490. The molecule has 1 aromatic heterocycles. The van der Waals surface area contributed by atoms with E-state index in [9.17, 15) is 18.0 Å². The molecule has 11 heteroatoms. The van der Waals surface area contributed by atoms with E-state index in [-0.39, 0.29) is 28.6 Å². The molecule has 0 saturated carbocycles. The number of rotatable bonds is 3. The van der Waals surface area contributed by atoms with Crippen molar-refractivity contribution in [1.29, 1.82) is 0 Å². The molecule has 0 N–H and O–H groups in total. The SMILES string of the molecule is Cc1nn(Cc2ccc(Cl)cc2C(F)(F)F)c2ccc(C=C3SC(N4CCN(C)C(C)(C)C4)=NC3=O)cc12. The highest BCUT2D eigenvalue weighted by Crippen LogP contribution is 2.36. The topological polar surface area (TPSA) is 53.7 Å². The maximum atomic E-state index is 13.6. The summed E-state index contributed by atoms with van der Waals surface area (Å²) in [6.07, 6.45) is -2.72. The van der Waals surface area contributed by atoms with Crippen molar-refractivity contribution >= 4 is 51.4 Å². The van der Waals surface area contributed by atoms with Crippen LogP contribution in [0.1, 0.15) is 36.2 Å². The minimum absolute atomic E-state index is 0.0214. The molecule has 6 nitrogen and oxygen atoms in total. The lowest BCUT2D eigenvalue weighted by molar-refractivity contribution is -0.138. The van der Waals surface area contributed by atoms with Crippen LogP contribution in [0.3, 0.4) is 0 Å². The fourth-order valence-corrected chi connectivity index (χ4v) is 5.88. The molecule has 2 aliphatic heterocycles. The van der Waals surface area contributed by atoms with E-state index < -0.39 is 11.7 Å². The lowest BCUT2D eigenvalue weighted by Crippen LogP contribution is -2.58. The Balaban J connectivity index is 1.39. The van der Waals surface area contributed by atoms with Crippen LogP contribution < -0.4 is 0 Å². The summed E-state index contributed by atoms with van der Waals surface area (Å²) in [6.45, 7) is 8.58. The predicted molar refractivity (Wildman–Crippen MR) is 146 cm³/mol. The number of carbonyl (C=O) groups excluding carboxylic acids is 1. The van der Waals surface area contributed by atoms with Gasteiger partial charge < -0.3 is 4.90 Å². The smallest absolute Gasteiger partial charge is 0.348 e. The number of alkyl halides is 3. The minimum Gasteiger partial charge on any atom is -0.348 e. The van der Waals surface area contributed by atoms with Crippen molar-refractivity contribution in [3.8, 4) is 0 Å². The molecule has 200 valence electrons. The molecule has 0 radical (unpaired) electrons. The van der Waals surface area contributed by atoms with Crippen LogP contribution in [-0.2, 0) is 17.5 Å². The van der Waals surface area contributed by atoms with Gasteiger partial charge in [0.05, 0.1) is 28.2 Å². The molecule has 5 rings (SSSR count). The maximum Gasteiger partial charge on any atom is 0.416 e. The fraction of sp³-hybridized carbons (Fsp3) is 0.370. The summed E-state index contributed by atoms with van der Waals surface area (Å²) in [5.74, 6) is -0.267. The summed E-state index contributed by atoms with van der Waals surface area (Å²) in [5, 5.41) is 6.06. The molecule has 0 spiro atoms. The van der Waals surface area contributed by atoms with Crippen molar-refractivity contribution in [2.24, 2.45) is 4.99 Å². The monoisotopic (exact) mass is 561 g/mol. The minimum atomic E-state index is -4.52. The van der Waals surface area contributed by atoms with E-state index in [1.54, 1.807) is 4.68 Å². The molecule has 1 saturated heterocycles. The first-order chi connectivity index (χ1) is 17.8. The number of aryl methyl sites for hydroxylation is 1. The van der Waals surface area contributed by atoms with Crippen molar-refractivity contribution in [3.63, 3.8) is 0 Å². The summed E-state index contributed by atoms with van der Waals surface area (Å²) < 4.78 is 42.3. The number of aliphatic imine (C=N–C) groups is 1. The maximum absolute atomic E-state index is 13.6. The number of hydrogen-bond acceptors (Lipinski definition) is 5. The molecule has 0 aliphatic carbocycles. The van der Waals surface area contributed by atoms with Crippen molar-refractivity contribution in [2.75, 3.05) is 26.7 Å². The predicted octanol–water partition coefficient (Wildman–Crippen LogP) is 6.06. The van der Waals surface area contributed by atoms with Crippen LogP contribution in [0.25, 0.3) is 17.0 Å². The van der Waals surface area contributed by atoms with Gasteiger partial charge in [-0.25, -0.2) is 0 Å². The number of halogens is 4. The van der Waals surface area contributed by atoms with E-state index >= 15 is 0 Å². The molecule has 0 atom stereocenters. The first-order valence-corrected chi connectivity index (χ1v) is 13.3. The normalized spacial score (nSPS) is 19.6. The van der Waals surface area contributed by atoms with Gasteiger partial charge in [0.25, 0.3) is 5.91 Å². The van der Waals surface area contributed by atoms with Gasteiger partial charge in [-0.1, -0.05) is 23.7 Å². The van der Waals surface area contributed by atoms with Crippen molar-refractivity contribution in [2.45, 2.75) is 39.0 Å². The third-order valence-electron chi connectivity index (χ3n) is 7.15. The molecular formula is C27H27ClF3N5OS. The second-order valence-corrected chi connectivity index (χ2v) is 11.7. The number of hydrogen-bond donors (Lipinski definition) is 0. The number of aromatic nitrogens is 2. The zero-order chi connectivity index (χ0) is 27.4. The molecule has 2 aromatic carbocycles. The highest BCUT2D eigenvalue weighted by molar-refractivity contribution is 8.18. The van der Waals surface area contributed by atoms with Gasteiger partial charge in [0.2, 0.25) is 0 Å². The number of amidine groups is 1. The highest BCUT2D eigenvalue weighted by Gasteiger charge is 2.36. The zero-order valence-electron chi connectivity index (χ0n) is 21.4. The fourth-order valence-electron chi connectivity index (χ4n) is 4.77. The van der Waals surface area contributed by atoms with E-state index in [1.165, 1.54) is 23.9 Å². The quantitative estimate of drug-likeness (QED) is 0.364. The van der Waals surface area contributed by atoms with Crippen LogP contribution in [0.4, 0.5) is 13.2 Å². The Hall–Kier alpha value is -2.82. The molecule has 2 aliphatic rings. The van der Waals surface area contributed by atoms with Crippen molar-refractivity contribution < 1.29 is 18.0 Å². The second kappa shape index (κ2) is 9.73. The largest absolute Gasteiger partial charge is 0.416 e. The first kappa shape index (κ1) is 26.8. The standard InChI is InChI=1S/C27H27ClF3N5OS/c1-16-20-11-17(12-23-24(37)32-25(38-23)35-10-9-34(4)26(2,3)15-35)5-8-22(20)36(33-16)14-18-6-7-19(28)13-21(18)27(29,30)31/h5-8,11-13H,9-10,14-15H2,1-4H3. The van der Waals surface area contributed by atoms with Crippen LogP contribution >= 0.6 is 23.4 Å². The first-order valence-electron chi connectivity index (χ1n) is 12.1. The molecule has 0 bridgehead atoms. The number of piperazine rings is 1. The average Bonchev–Trinajstić information content (AvgIpc) is 3.35. The van der Waals surface area contributed by atoms with Crippen molar-refractivity contribution in [3.05, 3.63) is 68.7 Å². The van der Waals surface area contributed by atoms with Gasteiger partial charge in [-0.3, -0.25) is 14.4 Å². The van der Waals surface area contributed by atoms with Crippen LogP contribution in [0.15, 0.2) is 46.3 Å². The molecule has 38 heavy (non-hydrogen) atoms. The van der Waals surface area contributed by atoms with Crippen LogP contribution in [-0.4, -0.2) is 62.9 Å². The number of fused-ring (bicyclic) bond motifs is 1. The zero-order valence-corrected chi connectivity index (χ0v) is 23.0. The Labute approximate surface area is 228 Å². The van der Waals surface area contributed by atoms with E-state index in [0.717, 1.165) is 41.8 Å². The van der Waals surface area contributed by atoms with Gasteiger partial charge in [0.1, 0.15) is 0 Å². The Morgan fingerprint density at radius 2 is 1.92 bits per heavy atom. The molecular weight excluding hydrogens is 535 g/mol. The lowest BCUT2D eigenvalue weighted by Gasteiger charge is -2.45. The summed E-state index contributed by atoms with van der Waals surface area (Å²) in [5.41, 5.74) is 1.48. The van der Waals surface area contributed by atoms with Crippen LogP contribution in [0, 0.1) is 6.92 Å². The van der Waals surface area contributed by atoms with Gasteiger partial charge in [-0.2, -0.15) is 23.3 Å². The highest BCUT2D eigenvalue weighted by atomic mass is 35.5. The van der Waals surface area contributed by atoms with Gasteiger partial charge >= 0.3 is 6.18 Å². The molecule has 3 aromatic rings. The number of nitrogens with zero attached hydrogens (tertiary/aromatic N) is 5. The number of likely N-dealkylation sites (N-methyl/N-ethyl adjacent to an activating group) is 1. The Morgan fingerprint density at radius 3 is 2.63 bits per heavy atom. The van der Waals surface area contributed by atoms with E-state index in [4.69, 9.17) is 11.6 Å². The molecule has 1 amide bonds. The summed E-state index contributed by atoms with van der Waals surface area (Å²) in [7, 11) is 2.10. The lowest BCUT2D eigenvalue weighted by atomic mass is 10.0. The summed E-state index contributed by atoms with van der Waals surface area (Å²) in [6, 6.07) is 9.33. The molecule has 3 heterocycles. The van der Waals surface area contributed by atoms with Crippen LogP contribution in [0.5, 0.6) is 0 Å². The van der Waals surface area contributed by atoms with E-state index in [0.29, 0.717) is 16.1 Å². The number of carbonyl (C=O) groups is 1.